The van der Waals surface area contributed by atoms with Crippen molar-refractivity contribution in [2.45, 2.75) is 52.3 Å². The fraction of sp³-hybridized carbons (Fsp3) is 0.550. The summed E-state index contributed by atoms with van der Waals surface area (Å²) in [5.74, 6) is -3.03. The molecular weight excluding hydrogens is 440 g/mol. The van der Waals surface area contributed by atoms with Gasteiger partial charge in [-0.25, -0.2) is 19.0 Å². The number of imide groups is 1. The number of unbranched alkanes of at least 4 members (excludes halogenated alkanes) is 1. The first-order valence-corrected chi connectivity index (χ1v) is 9.56. The van der Waals surface area contributed by atoms with Crippen molar-refractivity contribution in [3.63, 3.8) is 0 Å². The van der Waals surface area contributed by atoms with Crippen LogP contribution >= 0.6 is 0 Å². The highest BCUT2D eigenvalue weighted by Gasteiger charge is 2.40. The Morgan fingerprint density at radius 3 is 2.12 bits per heavy atom. The molecule has 0 bridgehead atoms. The van der Waals surface area contributed by atoms with E-state index in [-0.39, 0.29) is 17.6 Å². The van der Waals surface area contributed by atoms with Crippen molar-refractivity contribution in [2.75, 3.05) is 25.7 Å². The van der Waals surface area contributed by atoms with Gasteiger partial charge >= 0.3 is 18.4 Å². The van der Waals surface area contributed by atoms with E-state index in [1.165, 1.54) is 20.8 Å². The Hall–Kier alpha value is -2.89. The number of alkyl halides is 3. The summed E-state index contributed by atoms with van der Waals surface area (Å²) in [7, 11) is 2.20. The lowest BCUT2D eigenvalue weighted by Crippen LogP contribution is -2.42. The van der Waals surface area contributed by atoms with Gasteiger partial charge in [-0.1, -0.05) is 13.3 Å². The zero-order chi connectivity index (χ0) is 24.9. The summed E-state index contributed by atoms with van der Waals surface area (Å²) in [6, 6.07) is 0.875. The molecular formula is C20H26F4N2O6. The molecule has 0 unspecified atom stereocenters. The minimum Gasteiger partial charge on any atom is -0.449 e. The number of rotatable bonds is 6. The van der Waals surface area contributed by atoms with Crippen LogP contribution in [0, 0.1) is 5.82 Å². The maximum absolute atomic E-state index is 15.0. The summed E-state index contributed by atoms with van der Waals surface area (Å²) in [6.45, 7) is 5.94. The minimum absolute atomic E-state index is 0.00489. The van der Waals surface area contributed by atoms with Crippen LogP contribution in [0.2, 0.25) is 0 Å². The van der Waals surface area contributed by atoms with Crippen molar-refractivity contribution in [3.05, 3.63) is 29.1 Å². The molecule has 1 aromatic carbocycles. The number of ether oxygens (including phenoxy) is 2. The smallest absolute Gasteiger partial charge is 0.424 e. The van der Waals surface area contributed by atoms with E-state index in [0.717, 1.165) is 14.2 Å². The molecule has 0 aromatic heterocycles. The maximum atomic E-state index is 15.0. The standard InChI is InChI=1S/C20H26F4N2O6/c1-7-8-9-31-17(28)26(18(29)32-19(2,3)4)14-11-12(16(27)25(5)30-6)10-13(15(14)21)20(22,23)24/h10-11H,7-9H2,1-6H3. The molecule has 0 N–H and O–H groups in total. The molecule has 8 nitrogen and oxygen atoms in total. The Balaban J connectivity index is 3.72. The normalized spacial score (nSPS) is 11.7. The predicted octanol–water partition coefficient (Wildman–Crippen LogP) is 5.16. The van der Waals surface area contributed by atoms with Crippen LogP contribution in [-0.4, -0.2) is 49.5 Å². The fourth-order valence-electron chi connectivity index (χ4n) is 2.31. The van der Waals surface area contributed by atoms with Crippen molar-refractivity contribution < 1.29 is 46.3 Å². The van der Waals surface area contributed by atoms with E-state index >= 15 is 0 Å². The summed E-state index contributed by atoms with van der Waals surface area (Å²) >= 11 is 0. The molecule has 0 heterocycles. The molecule has 0 spiro atoms. The molecule has 0 saturated carbocycles. The van der Waals surface area contributed by atoms with Gasteiger partial charge in [0.25, 0.3) is 5.91 Å². The van der Waals surface area contributed by atoms with Crippen LogP contribution in [0.5, 0.6) is 0 Å². The van der Waals surface area contributed by atoms with E-state index < -0.39 is 52.5 Å². The summed E-state index contributed by atoms with van der Waals surface area (Å²) in [4.78, 5) is 42.3. The molecule has 1 rings (SSSR count). The van der Waals surface area contributed by atoms with E-state index in [2.05, 4.69) is 4.84 Å². The number of carbonyl (C=O) groups is 3. The fourth-order valence-corrected chi connectivity index (χ4v) is 2.31. The topological polar surface area (TPSA) is 85.4 Å². The molecule has 0 aliphatic heterocycles. The Kier molecular flexibility index (Phi) is 9.01. The first kappa shape index (κ1) is 27.1. The highest BCUT2D eigenvalue weighted by molar-refractivity contribution is 6.10. The first-order valence-electron chi connectivity index (χ1n) is 9.56. The second-order valence-corrected chi connectivity index (χ2v) is 7.62. The average molecular weight is 466 g/mol. The lowest BCUT2D eigenvalue weighted by Gasteiger charge is -2.27. The zero-order valence-corrected chi connectivity index (χ0v) is 18.6. The molecule has 12 heteroatoms. The zero-order valence-electron chi connectivity index (χ0n) is 18.6. The number of hydrogen-bond acceptors (Lipinski definition) is 6. The molecule has 32 heavy (non-hydrogen) atoms. The third kappa shape index (κ3) is 7.08. The van der Waals surface area contributed by atoms with Gasteiger partial charge in [0.15, 0.2) is 5.82 Å². The monoisotopic (exact) mass is 466 g/mol. The third-order valence-corrected chi connectivity index (χ3v) is 3.89. The Morgan fingerprint density at radius 1 is 1.06 bits per heavy atom. The van der Waals surface area contributed by atoms with E-state index in [4.69, 9.17) is 9.47 Å². The van der Waals surface area contributed by atoms with Crippen molar-refractivity contribution in [1.29, 1.82) is 0 Å². The van der Waals surface area contributed by atoms with Crippen molar-refractivity contribution >= 4 is 23.8 Å². The van der Waals surface area contributed by atoms with Gasteiger partial charge in [0.05, 0.1) is 25.0 Å². The van der Waals surface area contributed by atoms with Gasteiger partial charge in [-0.05, 0) is 39.3 Å². The number of anilines is 1. The number of halogens is 4. The number of hydrogen-bond donors (Lipinski definition) is 0. The molecule has 0 aliphatic rings. The second-order valence-electron chi connectivity index (χ2n) is 7.62. The molecule has 1 aromatic rings. The molecule has 0 aliphatic carbocycles. The number of benzene rings is 1. The molecule has 0 radical (unpaired) electrons. The maximum Gasteiger partial charge on any atom is 0.424 e. The van der Waals surface area contributed by atoms with Gasteiger partial charge in [0.2, 0.25) is 0 Å². The van der Waals surface area contributed by atoms with E-state index in [0.29, 0.717) is 24.0 Å². The van der Waals surface area contributed by atoms with Gasteiger partial charge in [0, 0.05) is 12.6 Å². The van der Waals surface area contributed by atoms with E-state index in [9.17, 15) is 31.9 Å². The Morgan fingerprint density at radius 2 is 1.66 bits per heavy atom. The van der Waals surface area contributed by atoms with Gasteiger partial charge in [-0.2, -0.15) is 18.1 Å². The lowest BCUT2D eigenvalue weighted by atomic mass is 10.1. The highest BCUT2D eigenvalue weighted by Crippen LogP contribution is 2.37. The number of hydroxylamine groups is 2. The van der Waals surface area contributed by atoms with Crippen LogP contribution < -0.4 is 4.90 Å². The van der Waals surface area contributed by atoms with Gasteiger partial charge in [-0.3, -0.25) is 9.63 Å². The van der Waals surface area contributed by atoms with Crippen molar-refractivity contribution in [2.24, 2.45) is 0 Å². The van der Waals surface area contributed by atoms with Gasteiger partial charge in [0.1, 0.15) is 5.60 Å². The lowest BCUT2D eigenvalue weighted by molar-refractivity contribution is -0.140. The molecule has 3 amide bonds. The summed E-state index contributed by atoms with van der Waals surface area (Å²) < 4.78 is 65.4. The Labute approximate surface area is 183 Å². The number of carbonyl (C=O) groups excluding carboxylic acids is 3. The van der Waals surface area contributed by atoms with E-state index in [1.54, 1.807) is 6.92 Å². The second kappa shape index (κ2) is 10.6. The minimum atomic E-state index is -5.24. The van der Waals surface area contributed by atoms with Crippen LogP contribution in [0.1, 0.15) is 56.5 Å². The third-order valence-electron chi connectivity index (χ3n) is 3.89. The predicted molar refractivity (Wildman–Crippen MR) is 105 cm³/mol. The SMILES string of the molecule is CCCCOC(=O)N(C(=O)OC(C)(C)C)c1cc(C(=O)N(C)OC)cc(C(F)(F)F)c1F. The van der Waals surface area contributed by atoms with Crippen LogP contribution in [0.15, 0.2) is 12.1 Å². The summed E-state index contributed by atoms with van der Waals surface area (Å²) in [6.07, 6.45) is -7.17. The largest absolute Gasteiger partial charge is 0.449 e. The van der Waals surface area contributed by atoms with E-state index in [1.807, 2.05) is 0 Å². The van der Waals surface area contributed by atoms with Gasteiger partial charge in [-0.15, -0.1) is 0 Å². The van der Waals surface area contributed by atoms with Crippen molar-refractivity contribution in [1.82, 2.24) is 5.06 Å². The molecule has 180 valence electrons. The summed E-state index contributed by atoms with van der Waals surface area (Å²) in [5, 5.41) is 0.592. The molecule has 0 saturated heterocycles. The van der Waals surface area contributed by atoms with Crippen LogP contribution in [-0.2, 0) is 20.5 Å². The first-order chi connectivity index (χ1) is 14.6. The number of nitrogens with zero attached hydrogens (tertiary/aromatic N) is 2. The average Bonchev–Trinajstić information content (AvgIpc) is 2.66. The van der Waals surface area contributed by atoms with Gasteiger partial charge < -0.3 is 9.47 Å². The molecule has 0 atom stereocenters. The van der Waals surface area contributed by atoms with Crippen LogP contribution in [0.25, 0.3) is 0 Å². The van der Waals surface area contributed by atoms with Crippen LogP contribution in [0.3, 0.4) is 0 Å². The van der Waals surface area contributed by atoms with Crippen LogP contribution in [0.4, 0.5) is 32.8 Å². The molecule has 0 fully saturated rings. The highest BCUT2D eigenvalue weighted by atomic mass is 19.4. The quantitative estimate of drug-likeness (QED) is 0.327. The Bertz CT molecular complexity index is 852. The summed E-state index contributed by atoms with van der Waals surface area (Å²) in [5.41, 5.74) is -4.87. The number of amides is 3. The van der Waals surface area contributed by atoms with Crippen molar-refractivity contribution in [3.8, 4) is 0 Å².